The van der Waals surface area contributed by atoms with Crippen LogP contribution in [0.4, 0.5) is 0 Å². The Kier molecular flexibility index (Phi) is 6.29. The number of nitrogens with zero attached hydrogens (tertiary/aromatic N) is 2. The van der Waals surface area contributed by atoms with E-state index in [1.807, 2.05) is 13.0 Å². The maximum atomic E-state index is 9.96. The second-order valence-electron chi connectivity index (χ2n) is 5.71. The van der Waals surface area contributed by atoms with Crippen molar-refractivity contribution >= 4 is 0 Å². The zero-order chi connectivity index (χ0) is 14.4. The lowest BCUT2D eigenvalue weighted by molar-refractivity contribution is 0.154. The van der Waals surface area contributed by atoms with E-state index in [-0.39, 0.29) is 0 Å². The van der Waals surface area contributed by atoms with Gasteiger partial charge in [-0.15, -0.1) is 0 Å². The Balaban J connectivity index is 2.89. The van der Waals surface area contributed by atoms with Crippen molar-refractivity contribution < 1.29 is 5.11 Å². The summed E-state index contributed by atoms with van der Waals surface area (Å²) in [4.78, 5) is 6.93. The lowest BCUT2D eigenvalue weighted by Crippen LogP contribution is -2.37. The largest absolute Gasteiger partial charge is 0.506 e. The van der Waals surface area contributed by atoms with Gasteiger partial charge in [0.1, 0.15) is 5.75 Å². The van der Waals surface area contributed by atoms with E-state index in [0.29, 0.717) is 17.7 Å². The Bertz CT molecular complexity index is 386. The first kappa shape index (κ1) is 16.0. The van der Waals surface area contributed by atoms with Crippen LogP contribution in [0.5, 0.6) is 5.75 Å². The SMILES string of the molecule is CCC(CC)N(Cc1nc(C)ccc1O)CC(C)C. The number of rotatable bonds is 7. The summed E-state index contributed by atoms with van der Waals surface area (Å²) in [5.74, 6) is 0.929. The van der Waals surface area contributed by atoms with Gasteiger partial charge in [-0.25, -0.2) is 0 Å². The molecule has 0 fully saturated rings. The fraction of sp³-hybridized carbons (Fsp3) is 0.688. The highest BCUT2D eigenvalue weighted by Crippen LogP contribution is 2.20. The highest BCUT2D eigenvalue weighted by Gasteiger charge is 2.18. The minimum absolute atomic E-state index is 0.310. The number of hydrogen-bond donors (Lipinski definition) is 1. The van der Waals surface area contributed by atoms with E-state index in [4.69, 9.17) is 0 Å². The minimum atomic E-state index is 0.310. The molecule has 1 heterocycles. The average molecular weight is 264 g/mol. The lowest BCUT2D eigenvalue weighted by Gasteiger charge is -2.31. The number of pyridine rings is 1. The molecule has 0 saturated carbocycles. The maximum Gasteiger partial charge on any atom is 0.138 e. The maximum absolute atomic E-state index is 9.96. The molecule has 3 heteroatoms. The van der Waals surface area contributed by atoms with Crippen molar-refractivity contribution in [3.05, 3.63) is 23.5 Å². The van der Waals surface area contributed by atoms with Gasteiger partial charge >= 0.3 is 0 Å². The summed E-state index contributed by atoms with van der Waals surface area (Å²) >= 11 is 0. The molecule has 108 valence electrons. The average Bonchev–Trinajstić information content (AvgIpc) is 2.34. The van der Waals surface area contributed by atoms with Crippen LogP contribution in [0.25, 0.3) is 0 Å². The predicted octanol–water partition coefficient (Wildman–Crippen LogP) is 3.74. The molecule has 1 N–H and O–H groups in total. The summed E-state index contributed by atoms with van der Waals surface area (Å²) in [5, 5.41) is 9.96. The molecule has 0 radical (unpaired) electrons. The normalized spacial score (nSPS) is 11.8. The molecule has 0 bridgehead atoms. The predicted molar refractivity (Wildman–Crippen MR) is 80.3 cm³/mol. The number of aryl methyl sites for hydroxylation is 1. The zero-order valence-electron chi connectivity index (χ0n) is 13.0. The monoisotopic (exact) mass is 264 g/mol. The van der Waals surface area contributed by atoms with Gasteiger partial charge in [-0.1, -0.05) is 27.7 Å². The van der Waals surface area contributed by atoms with Gasteiger partial charge in [0, 0.05) is 24.8 Å². The van der Waals surface area contributed by atoms with Gasteiger partial charge in [-0.3, -0.25) is 9.88 Å². The fourth-order valence-electron chi connectivity index (χ4n) is 2.53. The van der Waals surface area contributed by atoms with Crippen LogP contribution in [-0.2, 0) is 6.54 Å². The van der Waals surface area contributed by atoms with Gasteiger partial charge in [0.15, 0.2) is 0 Å². The van der Waals surface area contributed by atoms with E-state index < -0.39 is 0 Å². The highest BCUT2D eigenvalue weighted by atomic mass is 16.3. The van der Waals surface area contributed by atoms with E-state index >= 15 is 0 Å². The number of aromatic nitrogens is 1. The molecule has 0 aliphatic carbocycles. The third-order valence-corrected chi connectivity index (χ3v) is 3.50. The fourth-order valence-corrected chi connectivity index (χ4v) is 2.53. The summed E-state index contributed by atoms with van der Waals surface area (Å²) < 4.78 is 0. The van der Waals surface area contributed by atoms with Crippen molar-refractivity contribution in [3.63, 3.8) is 0 Å². The van der Waals surface area contributed by atoms with E-state index in [2.05, 4.69) is 37.6 Å². The highest BCUT2D eigenvalue weighted by molar-refractivity contribution is 5.27. The topological polar surface area (TPSA) is 36.4 Å². The van der Waals surface area contributed by atoms with E-state index in [9.17, 15) is 5.11 Å². The van der Waals surface area contributed by atoms with Crippen molar-refractivity contribution in [1.82, 2.24) is 9.88 Å². The van der Waals surface area contributed by atoms with E-state index in [0.717, 1.165) is 37.3 Å². The Morgan fingerprint density at radius 3 is 2.37 bits per heavy atom. The van der Waals surface area contributed by atoms with Crippen molar-refractivity contribution in [2.75, 3.05) is 6.54 Å². The van der Waals surface area contributed by atoms with Crippen LogP contribution in [0.1, 0.15) is 51.9 Å². The molecule has 0 spiro atoms. The lowest BCUT2D eigenvalue weighted by atomic mass is 10.1. The third-order valence-electron chi connectivity index (χ3n) is 3.50. The molecule has 0 aromatic carbocycles. The molecule has 19 heavy (non-hydrogen) atoms. The number of hydrogen-bond acceptors (Lipinski definition) is 3. The van der Waals surface area contributed by atoms with Gasteiger partial charge in [-0.05, 0) is 37.8 Å². The Hall–Kier alpha value is -1.09. The van der Waals surface area contributed by atoms with Gasteiger partial charge < -0.3 is 5.11 Å². The quantitative estimate of drug-likeness (QED) is 0.815. The van der Waals surface area contributed by atoms with Crippen molar-refractivity contribution in [2.24, 2.45) is 5.92 Å². The molecule has 3 nitrogen and oxygen atoms in total. The van der Waals surface area contributed by atoms with Gasteiger partial charge in [-0.2, -0.15) is 0 Å². The van der Waals surface area contributed by atoms with E-state index in [1.165, 1.54) is 0 Å². The molecule has 0 amide bonds. The smallest absolute Gasteiger partial charge is 0.138 e. The van der Waals surface area contributed by atoms with Crippen molar-refractivity contribution in [3.8, 4) is 5.75 Å². The van der Waals surface area contributed by atoms with Crippen LogP contribution in [-0.4, -0.2) is 27.6 Å². The van der Waals surface area contributed by atoms with Crippen LogP contribution in [0.3, 0.4) is 0 Å². The van der Waals surface area contributed by atoms with Gasteiger partial charge in [0.2, 0.25) is 0 Å². The summed E-state index contributed by atoms with van der Waals surface area (Å²) in [6.07, 6.45) is 2.27. The molecule has 1 aromatic heterocycles. The Labute approximate surface area is 117 Å². The second kappa shape index (κ2) is 7.49. The van der Waals surface area contributed by atoms with Crippen LogP contribution >= 0.6 is 0 Å². The van der Waals surface area contributed by atoms with Crippen LogP contribution in [0, 0.1) is 12.8 Å². The van der Waals surface area contributed by atoms with Crippen molar-refractivity contribution in [1.29, 1.82) is 0 Å². The van der Waals surface area contributed by atoms with Crippen LogP contribution < -0.4 is 0 Å². The van der Waals surface area contributed by atoms with Gasteiger partial charge in [0.25, 0.3) is 0 Å². The Morgan fingerprint density at radius 2 is 1.84 bits per heavy atom. The molecule has 1 aromatic rings. The van der Waals surface area contributed by atoms with E-state index in [1.54, 1.807) is 6.07 Å². The van der Waals surface area contributed by atoms with Gasteiger partial charge in [0.05, 0.1) is 5.69 Å². The first-order chi connectivity index (χ1) is 8.97. The molecule has 0 aliphatic heterocycles. The molecule has 0 unspecified atom stereocenters. The molecule has 0 atom stereocenters. The number of aromatic hydroxyl groups is 1. The zero-order valence-corrected chi connectivity index (χ0v) is 13.0. The first-order valence-electron chi connectivity index (χ1n) is 7.37. The summed E-state index contributed by atoms with van der Waals surface area (Å²) in [6, 6.07) is 4.16. The molecular formula is C16H28N2O. The molecular weight excluding hydrogens is 236 g/mol. The van der Waals surface area contributed by atoms with Crippen LogP contribution in [0.15, 0.2) is 12.1 Å². The minimum Gasteiger partial charge on any atom is -0.506 e. The molecule has 1 rings (SSSR count). The summed E-state index contributed by atoms with van der Waals surface area (Å²) in [7, 11) is 0. The third kappa shape index (κ3) is 4.83. The first-order valence-corrected chi connectivity index (χ1v) is 7.37. The Morgan fingerprint density at radius 1 is 1.21 bits per heavy atom. The van der Waals surface area contributed by atoms with Crippen LogP contribution in [0.2, 0.25) is 0 Å². The molecule has 0 aliphatic rings. The second-order valence-corrected chi connectivity index (χ2v) is 5.71. The standard InChI is InChI=1S/C16H28N2O/c1-6-14(7-2)18(10-12(3)4)11-15-16(19)9-8-13(5)17-15/h8-9,12,14,19H,6-7,10-11H2,1-5H3. The summed E-state index contributed by atoms with van der Waals surface area (Å²) in [5.41, 5.74) is 1.76. The van der Waals surface area contributed by atoms with Crippen molar-refractivity contribution in [2.45, 2.75) is 60.0 Å². The molecule has 0 saturated heterocycles. The summed E-state index contributed by atoms with van der Waals surface area (Å²) in [6.45, 7) is 12.7.